The van der Waals surface area contributed by atoms with Crippen LogP contribution in [-0.4, -0.2) is 5.11 Å². The summed E-state index contributed by atoms with van der Waals surface area (Å²) in [7, 11) is 0. The Hall–Kier alpha value is -1.59. The third-order valence-electron chi connectivity index (χ3n) is 2.81. The van der Waals surface area contributed by atoms with Crippen molar-refractivity contribution in [2.45, 2.75) is 12.3 Å². The summed E-state index contributed by atoms with van der Waals surface area (Å²) >= 11 is 5.52. The molecule has 2 aromatic rings. The average molecular weight is 305 g/mol. The van der Waals surface area contributed by atoms with Gasteiger partial charge < -0.3 is 5.11 Å². The van der Waals surface area contributed by atoms with Crippen LogP contribution in [0.25, 0.3) is 0 Å². The Labute approximate surface area is 117 Å². The predicted molar refractivity (Wildman–Crippen MR) is 66.9 cm³/mol. The number of halogens is 5. The predicted octanol–water partition coefficient (Wildman–Crippen LogP) is 4.58. The monoisotopic (exact) mass is 304 g/mol. The van der Waals surface area contributed by atoms with E-state index >= 15 is 0 Å². The van der Waals surface area contributed by atoms with Crippen molar-refractivity contribution in [1.29, 1.82) is 0 Å². The van der Waals surface area contributed by atoms with Gasteiger partial charge in [0.2, 0.25) is 0 Å². The summed E-state index contributed by atoms with van der Waals surface area (Å²) in [6, 6.07) is 7.77. The molecule has 6 heteroatoms. The molecule has 0 fully saturated rings. The quantitative estimate of drug-likeness (QED) is 0.805. The van der Waals surface area contributed by atoms with Crippen LogP contribution in [0.1, 0.15) is 22.8 Å². The van der Waals surface area contributed by atoms with E-state index in [9.17, 15) is 22.7 Å². The number of rotatable bonds is 2. The van der Waals surface area contributed by atoms with E-state index in [1.54, 1.807) is 0 Å². The lowest BCUT2D eigenvalue weighted by Gasteiger charge is -2.13. The highest BCUT2D eigenvalue weighted by Gasteiger charge is 2.30. The standard InChI is InChI=1S/C14H9ClF4O/c15-11-6-3-9(7-12(11)16)13(20)8-1-4-10(5-2-8)14(17,18)19/h1-7,13,20H. The van der Waals surface area contributed by atoms with E-state index in [1.807, 2.05) is 0 Å². The van der Waals surface area contributed by atoms with Crippen molar-refractivity contribution < 1.29 is 22.7 Å². The van der Waals surface area contributed by atoms with E-state index in [-0.39, 0.29) is 16.1 Å². The Bertz CT molecular complexity index is 608. The van der Waals surface area contributed by atoms with E-state index in [2.05, 4.69) is 0 Å². The van der Waals surface area contributed by atoms with Gasteiger partial charge in [-0.05, 0) is 35.4 Å². The zero-order valence-corrected chi connectivity index (χ0v) is 10.7. The van der Waals surface area contributed by atoms with Crippen molar-refractivity contribution in [1.82, 2.24) is 0 Å². The summed E-state index contributed by atoms with van der Waals surface area (Å²) in [6.07, 6.45) is -5.65. The summed E-state index contributed by atoms with van der Waals surface area (Å²) in [6.45, 7) is 0. The minimum Gasteiger partial charge on any atom is -0.384 e. The van der Waals surface area contributed by atoms with E-state index in [1.165, 1.54) is 12.1 Å². The molecule has 0 aliphatic rings. The van der Waals surface area contributed by atoms with Gasteiger partial charge >= 0.3 is 6.18 Å². The minimum atomic E-state index is -4.43. The van der Waals surface area contributed by atoms with Crippen molar-refractivity contribution in [2.75, 3.05) is 0 Å². The largest absolute Gasteiger partial charge is 0.416 e. The van der Waals surface area contributed by atoms with Gasteiger partial charge in [-0.15, -0.1) is 0 Å². The molecule has 20 heavy (non-hydrogen) atoms. The van der Waals surface area contributed by atoms with Crippen LogP contribution >= 0.6 is 11.6 Å². The molecule has 0 bridgehead atoms. The number of hydrogen-bond donors (Lipinski definition) is 1. The second-order valence-electron chi connectivity index (χ2n) is 4.20. The molecule has 0 saturated carbocycles. The number of aliphatic hydroxyl groups is 1. The molecule has 0 heterocycles. The molecule has 0 radical (unpaired) electrons. The first-order valence-corrected chi connectivity index (χ1v) is 5.97. The average Bonchev–Trinajstić information content (AvgIpc) is 2.40. The summed E-state index contributed by atoms with van der Waals surface area (Å²) in [4.78, 5) is 0. The van der Waals surface area contributed by atoms with Crippen LogP contribution < -0.4 is 0 Å². The van der Waals surface area contributed by atoms with Gasteiger partial charge in [0.15, 0.2) is 0 Å². The Morgan fingerprint density at radius 3 is 2.00 bits per heavy atom. The molecular formula is C14H9ClF4O. The summed E-state index contributed by atoms with van der Waals surface area (Å²) < 4.78 is 50.5. The van der Waals surface area contributed by atoms with E-state index in [0.717, 1.165) is 30.3 Å². The van der Waals surface area contributed by atoms with E-state index < -0.39 is 23.7 Å². The van der Waals surface area contributed by atoms with Crippen LogP contribution in [0.4, 0.5) is 17.6 Å². The van der Waals surface area contributed by atoms with Crippen molar-refractivity contribution in [2.24, 2.45) is 0 Å². The van der Waals surface area contributed by atoms with Crippen LogP contribution in [0.5, 0.6) is 0 Å². The SMILES string of the molecule is OC(c1ccc(C(F)(F)F)cc1)c1ccc(Cl)c(F)c1. The van der Waals surface area contributed by atoms with Gasteiger partial charge in [0.05, 0.1) is 10.6 Å². The first-order chi connectivity index (χ1) is 9.29. The topological polar surface area (TPSA) is 20.2 Å². The third kappa shape index (κ3) is 3.11. The molecule has 0 saturated heterocycles. The molecule has 0 aromatic heterocycles. The van der Waals surface area contributed by atoms with Gasteiger partial charge in [0.25, 0.3) is 0 Å². The van der Waals surface area contributed by atoms with Crippen LogP contribution in [0, 0.1) is 5.82 Å². The Balaban J connectivity index is 2.29. The van der Waals surface area contributed by atoms with Crippen LogP contribution in [-0.2, 0) is 6.18 Å². The molecule has 1 N–H and O–H groups in total. The maximum Gasteiger partial charge on any atom is 0.416 e. The fraction of sp³-hybridized carbons (Fsp3) is 0.143. The van der Waals surface area contributed by atoms with Gasteiger partial charge in [-0.25, -0.2) is 4.39 Å². The second-order valence-corrected chi connectivity index (χ2v) is 4.60. The molecular weight excluding hydrogens is 296 g/mol. The number of hydrogen-bond acceptors (Lipinski definition) is 1. The van der Waals surface area contributed by atoms with Gasteiger partial charge in [-0.3, -0.25) is 0 Å². The Kier molecular flexibility index (Phi) is 4.01. The summed E-state index contributed by atoms with van der Waals surface area (Å²) in [5, 5.41) is 9.92. The normalized spacial score (nSPS) is 13.3. The molecule has 1 atom stereocenters. The molecule has 2 aromatic carbocycles. The summed E-state index contributed by atoms with van der Waals surface area (Å²) in [5.41, 5.74) is -0.359. The molecule has 2 rings (SSSR count). The molecule has 1 unspecified atom stereocenters. The molecule has 0 aliphatic heterocycles. The lowest BCUT2D eigenvalue weighted by Crippen LogP contribution is -2.06. The lowest BCUT2D eigenvalue weighted by molar-refractivity contribution is -0.137. The van der Waals surface area contributed by atoms with E-state index in [0.29, 0.717) is 0 Å². The highest BCUT2D eigenvalue weighted by atomic mass is 35.5. The number of benzene rings is 2. The van der Waals surface area contributed by atoms with Gasteiger partial charge in [-0.2, -0.15) is 13.2 Å². The maximum atomic E-state index is 13.3. The van der Waals surface area contributed by atoms with Crippen LogP contribution in [0.3, 0.4) is 0 Å². The van der Waals surface area contributed by atoms with Crippen molar-refractivity contribution in [3.8, 4) is 0 Å². The first kappa shape index (κ1) is 14.8. The zero-order valence-electron chi connectivity index (χ0n) is 9.96. The van der Waals surface area contributed by atoms with Crippen LogP contribution in [0.2, 0.25) is 5.02 Å². The zero-order chi connectivity index (χ0) is 14.9. The highest BCUT2D eigenvalue weighted by Crippen LogP contribution is 2.31. The maximum absolute atomic E-state index is 13.3. The van der Waals surface area contributed by atoms with Gasteiger partial charge in [-0.1, -0.05) is 29.8 Å². The molecule has 0 amide bonds. The molecule has 106 valence electrons. The fourth-order valence-electron chi connectivity index (χ4n) is 1.73. The van der Waals surface area contributed by atoms with Crippen molar-refractivity contribution >= 4 is 11.6 Å². The van der Waals surface area contributed by atoms with Gasteiger partial charge in [0, 0.05) is 0 Å². The lowest BCUT2D eigenvalue weighted by atomic mass is 10.0. The Morgan fingerprint density at radius 2 is 1.50 bits per heavy atom. The highest BCUT2D eigenvalue weighted by molar-refractivity contribution is 6.30. The first-order valence-electron chi connectivity index (χ1n) is 5.59. The molecule has 1 nitrogen and oxygen atoms in total. The molecule has 0 aliphatic carbocycles. The minimum absolute atomic E-state index is 0.0895. The van der Waals surface area contributed by atoms with Crippen molar-refractivity contribution in [3.05, 3.63) is 70.0 Å². The second kappa shape index (κ2) is 5.42. The van der Waals surface area contributed by atoms with Gasteiger partial charge in [0.1, 0.15) is 11.9 Å². The Morgan fingerprint density at radius 1 is 0.950 bits per heavy atom. The smallest absolute Gasteiger partial charge is 0.384 e. The number of aliphatic hydroxyl groups excluding tert-OH is 1. The van der Waals surface area contributed by atoms with Crippen molar-refractivity contribution in [3.63, 3.8) is 0 Å². The van der Waals surface area contributed by atoms with Crippen LogP contribution in [0.15, 0.2) is 42.5 Å². The summed E-state index contributed by atoms with van der Waals surface area (Å²) in [5.74, 6) is -0.699. The van der Waals surface area contributed by atoms with E-state index in [4.69, 9.17) is 11.6 Å². The number of alkyl halides is 3. The third-order valence-corrected chi connectivity index (χ3v) is 3.12. The molecule has 0 spiro atoms. The fourth-order valence-corrected chi connectivity index (χ4v) is 1.85.